The van der Waals surface area contributed by atoms with Gasteiger partial charge in [0.1, 0.15) is 0 Å². The molecule has 1 aromatic rings. The van der Waals surface area contributed by atoms with Crippen LogP contribution in [0.1, 0.15) is 36.0 Å². The van der Waals surface area contributed by atoms with Gasteiger partial charge in [-0.3, -0.25) is 4.79 Å². The molecule has 0 heterocycles. The van der Waals surface area contributed by atoms with Gasteiger partial charge in [-0.15, -0.1) is 11.6 Å². The zero-order valence-corrected chi connectivity index (χ0v) is 13.2. The van der Waals surface area contributed by atoms with Gasteiger partial charge in [0, 0.05) is 38.4 Å². The Balaban J connectivity index is 2.09. The smallest absolute Gasteiger partial charge is 0.253 e. The quantitative estimate of drug-likeness (QED) is 0.798. The fraction of sp³-hybridized carbons (Fsp3) is 0.562. The highest BCUT2D eigenvalue weighted by molar-refractivity contribution is 6.21. The van der Waals surface area contributed by atoms with Gasteiger partial charge in [-0.2, -0.15) is 0 Å². The summed E-state index contributed by atoms with van der Waals surface area (Å²) in [5.74, 6) is 0.0628. The summed E-state index contributed by atoms with van der Waals surface area (Å²) in [4.78, 5) is 16.4. The fourth-order valence-electron chi connectivity index (χ4n) is 2.76. The van der Waals surface area contributed by atoms with Crippen LogP contribution in [0.4, 0.5) is 5.69 Å². The van der Waals surface area contributed by atoms with E-state index in [0.717, 1.165) is 30.5 Å². The standard InChI is InChI=1S/C16H23ClN2O/c1-18(2)13-10-8-12(9-11-13)16(20)19(3)15-7-5-4-6-14(15)17/h8-11,14-15H,4-7H2,1-3H3. The van der Waals surface area contributed by atoms with Crippen LogP contribution in [-0.4, -0.2) is 43.4 Å². The molecule has 1 amide bonds. The van der Waals surface area contributed by atoms with Crippen LogP contribution in [0.15, 0.2) is 24.3 Å². The zero-order chi connectivity index (χ0) is 14.7. The van der Waals surface area contributed by atoms with E-state index in [4.69, 9.17) is 11.6 Å². The Hall–Kier alpha value is -1.22. The molecule has 1 aromatic carbocycles. The predicted molar refractivity (Wildman–Crippen MR) is 84.8 cm³/mol. The Labute approximate surface area is 126 Å². The van der Waals surface area contributed by atoms with Gasteiger partial charge in [0.15, 0.2) is 0 Å². The van der Waals surface area contributed by atoms with Gasteiger partial charge in [0.05, 0.1) is 5.38 Å². The molecule has 2 atom stereocenters. The van der Waals surface area contributed by atoms with Crippen LogP contribution in [0, 0.1) is 0 Å². The van der Waals surface area contributed by atoms with Crippen LogP contribution in [0.3, 0.4) is 0 Å². The van der Waals surface area contributed by atoms with Gasteiger partial charge in [0.25, 0.3) is 5.91 Å². The lowest BCUT2D eigenvalue weighted by Gasteiger charge is -2.35. The molecule has 2 rings (SSSR count). The largest absolute Gasteiger partial charge is 0.378 e. The Morgan fingerprint density at radius 2 is 1.70 bits per heavy atom. The maximum atomic E-state index is 12.5. The molecule has 0 bridgehead atoms. The summed E-state index contributed by atoms with van der Waals surface area (Å²) in [6.07, 6.45) is 4.34. The fourth-order valence-corrected chi connectivity index (χ4v) is 3.21. The third-order valence-corrected chi connectivity index (χ3v) is 4.60. The summed E-state index contributed by atoms with van der Waals surface area (Å²) in [5, 5.41) is 0.0822. The summed E-state index contributed by atoms with van der Waals surface area (Å²) < 4.78 is 0. The van der Waals surface area contributed by atoms with Crippen molar-refractivity contribution in [3.63, 3.8) is 0 Å². The number of anilines is 1. The second-order valence-electron chi connectivity index (χ2n) is 5.73. The van der Waals surface area contributed by atoms with Crippen molar-refractivity contribution in [1.82, 2.24) is 4.90 Å². The van der Waals surface area contributed by atoms with Crippen LogP contribution >= 0.6 is 11.6 Å². The molecule has 1 saturated carbocycles. The molecule has 0 saturated heterocycles. The van der Waals surface area contributed by atoms with Crippen LogP contribution < -0.4 is 4.90 Å². The monoisotopic (exact) mass is 294 g/mol. The van der Waals surface area contributed by atoms with E-state index in [-0.39, 0.29) is 17.3 Å². The molecule has 1 fully saturated rings. The summed E-state index contributed by atoms with van der Waals surface area (Å²) in [7, 11) is 5.85. The molecular weight excluding hydrogens is 272 g/mol. The van der Waals surface area contributed by atoms with Crippen LogP contribution in [0.5, 0.6) is 0 Å². The van der Waals surface area contributed by atoms with E-state index in [1.807, 2.05) is 55.2 Å². The molecule has 3 nitrogen and oxygen atoms in total. The first-order valence-corrected chi connectivity index (χ1v) is 7.63. The lowest BCUT2D eigenvalue weighted by Crippen LogP contribution is -2.44. The normalized spacial score (nSPS) is 22.4. The van der Waals surface area contributed by atoms with Gasteiger partial charge in [-0.25, -0.2) is 0 Å². The average Bonchev–Trinajstić information content (AvgIpc) is 2.46. The van der Waals surface area contributed by atoms with Crippen molar-refractivity contribution >= 4 is 23.2 Å². The number of alkyl halides is 1. The van der Waals surface area contributed by atoms with E-state index in [1.165, 1.54) is 6.42 Å². The van der Waals surface area contributed by atoms with E-state index in [2.05, 4.69) is 0 Å². The van der Waals surface area contributed by atoms with E-state index < -0.39 is 0 Å². The van der Waals surface area contributed by atoms with Gasteiger partial charge in [-0.1, -0.05) is 12.8 Å². The topological polar surface area (TPSA) is 23.6 Å². The van der Waals surface area contributed by atoms with Gasteiger partial charge in [0.2, 0.25) is 0 Å². The number of benzene rings is 1. The minimum atomic E-state index is 0.0628. The number of hydrogen-bond acceptors (Lipinski definition) is 2. The second kappa shape index (κ2) is 6.49. The minimum Gasteiger partial charge on any atom is -0.378 e. The maximum Gasteiger partial charge on any atom is 0.253 e. The number of carbonyl (C=O) groups is 1. The van der Waals surface area contributed by atoms with Crippen molar-refractivity contribution in [3.8, 4) is 0 Å². The first kappa shape index (κ1) is 15.2. The Morgan fingerprint density at radius 1 is 1.10 bits per heavy atom. The molecule has 20 heavy (non-hydrogen) atoms. The number of nitrogens with zero attached hydrogens (tertiary/aromatic N) is 2. The molecule has 1 aliphatic rings. The van der Waals surface area contributed by atoms with Crippen LogP contribution in [0.25, 0.3) is 0 Å². The minimum absolute atomic E-state index is 0.0628. The predicted octanol–water partition coefficient (Wildman–Crippen LogP) is 3.37. The van der Waals surface area contributed by atoms with E-state index >= 15 is 0 Å². The highest BCUT2D eigenvalue weighted by atomic mass is 35.5. The lowest BCUT2D eigenvalue weighted by molar-refractivity contribution is 0.0700. The number of rotatable bonds is 3. The molecule has 4 heteroatoms. The number of amides is 1. The molecule has 0 aliphatic heterocycles. The number of hydrogen-bond donors (Lipinski definition) is 0. The van der Waals surface area contributed by atoms with Crippen LogP contribution in [-0.2, 0) is 0 Å². The molecule has 0 spiro atoms. The highest BCUT2D eigenvalue weighted by Gasteiger charge is 2.29. The molecule has 0 aromatic heterocycles. The molecule has 2 unspecified atom stereocenters. The summed E-state index contributed by atoms with van der Waals surface area (Å²) in [6.45, 7) is 0. The van der Waals surface area contributed by atoms with Gasteiger partial charge < -0.3 is 9.80 Å². The number of carbonyl (C=O) groups excluding carboxylic acids is 1. The summed E-state index contributed by atoms with van der Waals surface area (Å²) in [5.41, 5.74) is 1.82. The van der Waals surface area contributed by atoms with Gasteiger partial charge in [-0.05, 0) is 37.1 Å². The molecule has 110 valence electrons. The van der Waals surface area contributed by atoms with Crippen molar-refractivity contribution in [2.45, 2.75) is 37.1 Å². The average molecular weight is 295 g/mol. The Morgan fingerprint density at radius 3 is 2.25 bits per heavy atom. The first-order chi connectivity index (χ1) is 9.50. The van der Waals surface area contributed by atoms with E-state index in [1.54, 1.807) is 0 Å². The molecular formula is C16H23ClN2O. The summed E-state index contributed by atoms with van der Waals surface area (Å²) >= 11 is 6.38. The van der Waals surface area contributed by atoms with Gasteiger partial charge >= 0.3 is 0 Å². The van der Waals surface area contributed by atoms with Crippen molar-refractivity contribution in [2.24, 2.45) is 0 Å². The molecule has 0 N–H and O–H groups in total. The molecule has 0 radical (unpaired) electrons. The van der Waals surface area contributed by atoms with Crippen LogP contribution in [0.2, 0.25) is 0 Å². The Kier molecular flexibility index (Phi) is 4.92. The first-order valence-electron chi connectivity index (χ1n) is 7.19. The maximum absolute atomic E-state index is 12.5. The van der Waals surface area contributed by atoms with Crippen molar-refractivity contribution in [3.05, 3.63) is 29.8 Å². The van der Waals surface area contributed by atoms with E-state index in [9.17, 15) is 4.79 Å². The third kappa shape index (κ3) is 3.26. The SMILES string of the molecule is CN(C)c1ccc(C(=O)N(C)C2CCCCC2Cl)cc1. The van der Waals surface area contributed by atoms with E-state index in [0.29, 0.717) is 0 Å². The zero-order valence-electron chi connectivity index (χ0n) is 12.5. The second-order valence-corrected chi connectivity index (χ2v) is 6.29. The van der Waals surface area contributed by atoms with Crippen molar-refractivity contribution < 1.29 is 4.79 Å². The van der Waals surface area contributed by atoms with Crippen molar-refractivity contribution in [2.75, 3.05) is 26.0 Å². The lowest BCUT2D eigenvalue weighted by atomic mass is 9.93. The third-order valence-electron chi connectivity index (χ3n) is 4.10. The summed E-state index contributed by atoms with van der Waals surface area (Å²) in [6, 6.07) is 7.88. The highest BCUT2D eigenvalue weighted by Crippen LogP contribution is 2.27. The van der Waals surface area contributed by atoms with Crippen molar-refractivity contribution in [1.29, 1.82) is 0 Å². The number of halogens is 1. The Bertz CT molecular complexity index is 458. The molecule has 1 aliphatic carbocycles.